The number of benzene rings is 1. The molecule has 1 aromatic rings. The quantitative estimate of drug-likeness (QED) is 0.428. The second kappa shape index (κ2) is 9.14. The molecule has 0 aliphatic carbocycles. The SMILES string of the molecule is COCCOCCOc1cccc(SC)c1C(N)=S. The van der Waals surface area contributed by atoms with Crippen LogP contribution in [-0.4, -0.2) is 44.8 Å². The van der Waals surface area contributed by atoms with Gasteiger partial charge in [-0.3, -0.25) is 0 Å². The van der Waals surface area contributed by atoms with Crippen molar-refractivity contribution in [2.45, 2.75) is 4.90 Å². The van der Waals surface area contributed by atoms with E-state index >= 15 is 0 Å². The van der Waals surface area contributed by atoms with Gasteiger partial charge in [0.05, 0.1) is 25.4 Å². The van der Waals surface area contributed by atoms with Gasteiger partial charge in [-0.1, -0.05) is 18.3 Å². The van der Waals surface area contributed by atoms with Crippen LogP contribution in [0.25, 0.3) is 0 Å². The van der Waals surface area contributed by atoms with Gasteiger partial charge in [-0.2, -0.15) is 0 Å². The lowest BCUT2D eigenvalue weighted by molar-refractivity contribution is 0.0543. The Labute approximate surface area is 123 Å². The highest BCUT2D eigenvalue weighted by atomic mass is 32.2. The van der Waals surface area contributed by atoms with Gasteiger partial charge < -0.3 is 19.9 Å². The maximum Gasteiger partial charge on any atom is 0.130 e. The van der Waals surface area contributed by atoms with E-state index in [1.54, 1.807) is 18.9 Å². The third-order valence-electron chi connectivity index (χ3n) is 2.37. The van der Waals surface area contributed by atoms with Crippen molar-refractivity contribution in [3.63, 3.8) is 0 Å². The zero-order valence-electron chi connectivity index (χ0n) is 11.2. The molecule has 0 saturated heterocycles. The van der Waals surface area contributed by atoms with Crippen LogP contribution in [0.15, 0.2) is 23.1 Å². The minimum absolute atomic E-state index is 0.347. The van der Waals surface area contributed by atoms with Crippen LogP contribution < -0.4 is 10.5 Å². The average Bonchev–Trinajstić information content (AvgIpc) is 2.42. The van der Waals surface area contributed by atoms with Crippen molar-refractivity contribution in [3.05, 3.63) is 23.8 Å². The summed E-state index contributed by atoms with van der Waals surface area (Å²) < 4.78 is 15.9. The molecule has 0 unspecified atom stereocenters. The van der Waals surface area contributed by atoms with Gasteiger partial charge in [0.2, 0.25) is 0 Å². The van der Waals surface area contributed by atoms with Crippen molar-refractivity contribution < 1.29 is 14.2 Å². The van der Waals surface area contributed by atoms with E-state index in [0.717, 1.165) is 10.5 Å². The Kier molecular flexibility index (Phi) is 7.81. The molecule has 106 valence electrons. The van der Waals surface area contributed by atoms with E-state index in [4.69, 9.17) is 32.2 Å². The van der Waals surface area contributed by atoms with Crippen LogP contribution >= 0.6 is 24.0 Å². The van der Waals surface area contributed by atoms with Gasteiger partial charge in [0.1, 0.15) is 17.3 Å². The van der Waals surface area contributed by atoms with E-state index in [0.29, 0.717) is 37.2 Å². The first kappa shape index (κ1) is 16.2. The number of thioether (sulfide) groups is 1. The molecule has 0 saturated carbocycles. The Morgan fingerprint density at radius 3 is 2.63 bits per heavy atom. The number of ether oxygens (including phenoxy) is 3. The van der Waals surface area contributed by atoms with E-state index in [2.05, 4.69) is 0 Å². The first-order chi connectivity index (χ1) is 9.20. The zero-order chi connectivity index (χ0) is 14.1. The number of hydrogen-bond acceptors (Lipinski definition) is 5. The summed E-state index contributed by atoms with van der Waals surface area (Å²) in [6.07, 6.45) is 1.98. The van der Waals surface area contributed by atoms with Crippen LogP contribution in [0.4, 0.5) is 0 Å². The van der Waals surface area contributed by atoms with Crippen molar-refractivity contribution in [1.82, 2.24) is 0 Å². The Balaban J connectivity index is 2.55. The molecule has 1 rings (SSSR count). The predicted molar refractivity (Wildman–Crippen MR) is 82.3 cm³/mol. The third-order valence-corrected chi connectivity index (χ3v) is 3.36. The first-order valence-electron chi connectivity index (χ1n) is 5.87. The molecule has 6 heteroatoms. The Hall–Kier alpha value is -0.820. The van der Waals surface area contributed by atoms with Crippen molar-refractivity contribution in [2.24, 2.45) is 5.73 Å². The van der Waals surface area contributed by atoms with Crippen LogP contribution in [-0.2, 0) is 9.47 Å². The first-order valence-corrected chi connectivity index (χ1v) is 7.50. The molecule has 19 heavy (non-hydrogen) atoms. The van der Waals surface area contributed by atoms with Gasteiger partial charge in [0.25, 0.3) is 0 Å². The molecule has 0 radical (unpaired) electrons. The van der Waals surface area contributed by atoms with Crippen molar-refractivity contribution in [1.29, 1.82) is 0 Å². The highest BCUT2D eigenvalue weighted by Crippen LogP contribution is 2.28. The van der Waals surface area contributed by atoms with Crippen LogP contribution in [0.3, 0.4) is 0 Å². The van der Waals surface area contributed by atoms with Crippen LogP contribution in [0.1, 0.15) is 5.56 Å². The van der Waals surface area contributed by atoms with Crippen molar-refractivity contribution >= 4 is 29.0 Å². The van der Waals surface area contributed by atoms with Crippen LogP contribution in [0.2, 0.25) is 0 Å². The summed E-state index contributed by atoms with van der Waals surface area (Å²) in [4.78, 5) is 1.37. The number of nitrogens with two attached hydrogens (primary N) is 1. The second-order valence-electron chi connectivity index (χ2n) is 3.65. The molecule has 0 aliphatic rings. The van der Waals surface area contributed by atoms with E-state index < -0.39 is 0 Å². The number of rotatable bonds is 9. The maximum atomic E-state index is 5.75. The topological polar surface area (TPSA) is 53.7 Å². The number of methoxy groups -OCH3 is 1. The summed E-state index contributed by atoms with van der Waals surface area (Å²) in [6.45, 7) is 2.10. The molecular weight excluding hydrogens is 282 g/mol. The number of hydrogen-bond donors (Lipinski definition) is 1. The summed E-state index contributed by atoms with van der Waals surface area (Å²) in [5, 5.41) is 0. The zero-order valence-corrected chi connectivity index (χ0v) is 12.8. The molecular formula is C13H19NO3S2. The van der Waals surface area contributed by atoms with Crippen molar-refractivity contribution in [3.8, 4) is 5.75 Å². The Morgan fingerprint density at radius 1 is 1.26 bits per heavy atom. The standard InChI is InChI=1S/C13H19NO3S2/c1-15-6-7-16-8-9-17-10-4-3-5-11(19-2)12(10)13(14)18/h3-5H,6-9H2,1-2H3,(H2,14,18). The maximum absolute atomic E-state index is 5.75. The molecule has 2 N–H and O–H groups in total. The fourth-order valence-corrected chi connectivity index (χ4v) is 2.40. The highest BCUT2D eigenvalue weighted by Gasteiger charge is 2.11. The van der Waals surface area contributed by atoms with Gasteiger partial charge >= 0.3 is 0 Å². The average molecular weight is 301 g/mol. The largest absolute Gasteiger partial charge is 0.490 e. The summed E-state index contributed by atoms with van der Waals surface area (Å²) in [6, 6.07) is 5.76. The smallest absolute Gasteiger partial charge is 0.130 e. The van der Waals surface area contributed by atoms with E-state index in [1.165, 1.54) is 0 Å². The molecule has 0 aliphatic heterocycles. The molecule has 0 spiro atoms. The molecule has 0 aromatic heterocycles. The minimum Gasteiger partial charge on any atom is -0.490 e. The minimum atomic E-state index is 0.347. The van der Waals surface area contributed by atoms with Crippen LogP contribution in [0, 0.1) is 0 Å². The lowest BCUT2D eigenvalue weighted by atomic mass is 10.2. The number of thiocarbonyl (C=S) groups is 1. The second-order valence-corrected chi connectivity index (χ2v) is 4.94. The van der Waals surface area contributed by atoms with Crippen LogP contribution in [0.5, 0.6) is 5.75 Å². The molecule has 0 amide bonds. The van der Waals surface area contributed by atoms with Gasteiger partial charge in [0.15, 0.2) is 0 Å². The van der Waals surface area contributed by atoms with E-state index in [1.807, 2.05) is 24.5 Å². The molecule has 1 aromatic carbocycles. The lowest BCUT2D eigenvalue weighted by Crippen LogP contribution is -2.15. The molecule has 0 bridgehead atoms. The predicted octanol–water partition coefficient (Wildman–Crippen LogP) is 2.08. The van der Waals surface area contributed by atoms with Gasteiger partial charge in [-0.25, -0.2) is 0 Å². The highest BCUT2D eigenvalue weighted by molar-refractivity contribution is 7.98. The van der Waals surface area contributed by atoms with E-state index in [-0.39, 0.29) is 0 Å². The molecule has 0 heterocycles. The Bertz CT molecular complexity index is 413. The van der Waals surface area contributed by atoms with Gasteiger partial charge in [-0.15, -0.1) is 11.8 Å². The van der Waals surface area contributed by atoms with Crippen molar-refractivity contribution in [2.75, 3.05) is 39.8 Å². The lowest BCUT2D eigenvalue weighted by Gasteiger charge is -2.13. The fraction of sp³-hybridized carbons (Fsp3) is 0.462. The van der Waals surface area contributed by atoms with Gasteiger partial charge in [-0.05, 0) is 18.4 Å². The van der Waals surface area contributed by atoms with E-state index in [9.17, 15) is 0 Å². The third kappa shape index (κ3) is 5.36. The fourth-order valence-electron chi connectivity index (χ4n) is 1.50. The van der Waals surface area contributed by atoms with Gasteiger partial charge in [0, 0.05) is 12.0 Å². The summed E-state index contributed by atoms with van der Waals surface area (Å²) >= 11 is 6.67. The molecule has 0 atom stereocenters. The monoisotopic (exact) mass is 301 g/mol. The summed E-state index contributed by atoms with van der Waals surface area (Å²) in [5.41, 5.74) is 6.54. The molecule has 0 fully saturated rings. The Morgan fingerprint density at radius 2 is 2.00 bits per heavy atom. The normalized spacial score (nSPS) is 10.4. The summed E-state index contributed by atoms with van der Waals surface area (Å²) in [7, 11) is 1.64. The molecule has 4 nitrogen and oxygen atoms in total. The summed E-state index contributed by atoms with van der Waals surface area (Å²) in [5.74, 6) is 0.703.